The van der Waals surface area contributed by atoms with Gasteiger partial charge >= 0.3 is 5.97 Å². The van der Waals surface area contributed by atoms with Crippen LogP contribution in [0.25, 0.3) is 6.08 Å². The van der Waals surface area contributed by atoms with Crippen LogP contribution < -0.4 is 0 Å². The summed E-state index contributed by atoms with van der Waals surface area (Å²) in [5, 5.41) is 21.3. The highest BCUT2D eigenvalue weighted by Crippen LogP contribution is 2.43. The first kappa shape index (κ1) is 13.9. The predicted octanol–water partition coefficient (Wildman–Crippen LogP) is 3.30. The van der Waals surface area contributed by atoms with Gasteiger partial charge in [0.1, 0.15) is 11.5 Å². The number of carbonyl (C=O) groups is 1. The molecule has 0 radical (unpaired) electrons. The van der Waals surface area contributed by atoms with Crippen molar-refractivity contribution in [3.05, 3.63) is 76.3 Å². The molecule has 0 aliphatic heterocycles. The van der Waals surface area contributed by atoms with E-state index in [1.807, 2.05) is 12.1 Å². The van der Waals surface area contributed by atoms with Crippen LogP contribution in [-0.4, -0.2) is 16.2 Å². The molecule has 106 valence electrons. The summed E-state index contributed by atoms with van der Waals surface area (Å²) in [6.07, 6.45) is 3.26. The molecule has 3 rings (SSSR count). The minimum Gasteiger partial charge on any atom is -0.481 e. The summed E-state index contributed by atoms with van der Waals surface area (Å²) in [5.74, 6) is -2.12. The van der Waals surface area contributed by atoms with E-state index in [0.717, 1.165) is 5.56 Å². The fraction of sp³-hybridized carbons (Fsp3) is 0.118. The maximum atomic E-state index is 11.6. The molecule has 0 saturated heterocycles. The highest BCUT2D eigenvalue weighted by Gasteiger charge is 2.46. The zero-order valence-electron chi connectivity index (χ0n) is 11.0. The third-order valence-electron chi connectivity index (χ3n) is 3.84. The molecule has 0 heterocycles. The summed E-state index contributed by atoms with van der Waals surface area (Å²) >= 11 is 5.88. The first-order valence-electron chi connectivity index (χ1n) is 6.52. The van der Waals surface area contributed by atoms with Crippen molar-refractivity contribution in [1.29, 1.82) is 0 Å². The van der Waals surface area contributed by atoms with E-state index >= 15 is 0 Å². The van der Waals surface area contributed by atoms with E-state index in [1.54, 1.807) is 42.5 Å². The predicted molar refractivity (Wildman–Crippen MR) is 81.1 cm³/mol. The normalized spacial score (nSPS) is 23.6. The Morgan fingerprint density at radius 2 is 1.76 bits per heavy atom. The number of hydrogen-bond donors (Lipinski definition) is 2. The zero-order chi connectivity index (χ0) is 15.0. The van der Waals surface area contributed by atoms with Crippen molar-refractivity contribution in [2.24, 2.45) is 5.92 Å². The fourth-order valence-corrected chi connectivity index (χ4v) is 2.92. The van der Waals surface area contributed by atoms with Crippen molar-refractivity contribution in [2.75, 3.05) is 0 Å². The van der Waals surface area contributed by atoms with Gasteiger partial charge in [0, 0.05) is 5.02 Å². The standard InChI is InChI=1S/C17H13ClO3/c18-13-8-6-12(7-9-13)17(21)14-4-2-1-3-11(14)5-10-15(17)16(19)20/h1-10,15,21H,(H,19,20). The van der Waals surface area contributed by atoms with Crippen LogP contribution in [-0.2, 0) is 10.4 Å². The third kappa shape index (κ3) is 2.15. The molecule has 0 bridgehead atoms. The molecular formula is C17H13ClO3. The topological polar surface area (TPSA) is 57.5 Å². The monoisotopic (exact) mass is 300 g/mol. The van der Waals surface area contributed by atoms with Gasteiger partial charge in [0.25, 0.3) is 0 Å². The second-order valence-electron chi connectivity index (χ2n) is 5.04. The van der Waals surface area contributed by atoms with E-state index in [2.05, 4.69) is 0 Å². The number of benzene rings is 2. The largest absolute Gasteiger partial charge is 0.481 e. The minimum atomic E-state index is -1.61. The molecule has 2 N–H and O–H groups in total. The van der Waals surface area contributed by atoms with E-state index < -0.39 is 17.5 Å². The number of fused-ring (bicyclic) bond motifs is 1. The van der Waals surface area contributed by atoms with Gasteiger partial charge in [-0.3, -0.25) is 4.79 Å². The summed E-state index contributed by atoms with van der Waals surface area (Å²) in [5.41, 5.74) is 0.299. The summed E-state index contributed by atoms with van der Waals surface area (Å²) < 4.78 is 0. The second kappa shape index (κ2) is 5.02. The minimum absolute atomic E-state index is 0.510. The maximum Gasteiger partial charge on any atom is 0.314 e. The van der Waals surface area contributed by atoms with Crippen LogP contribution >= 0.6 is 11.6 Å². The number of rotatable bonds is 2. The first-order chi connectivity index (χ1) is 10.0. The van der Waals surface area contributed by atoms with Crippen LogP contribution in [0.3, 0.4) is 0 Å². The molecular weight excluding hydrogens is 288 g/mol. The lowest BCUT2D eigenvalue weighted by Gasteiger charge is -2.37. The van der Waals surface area contributed by atoms with Crippen molar-refractivity contribution in [1.82, 2.24) is 0 Å². The average Bonchev–Trinajstić information content (AvgIpc) is 2.48. The Balaban J connectivity index is 2.25. The Hall–Kier alpha value is -2.10. The molecule has 0 amide bonds. The molecule has 0 fully saturated rings. The molecule has 4 heteroatoms. The highest BCUT2D eigenvalue weighted by atomic mass is 35.5. The van der Waals surface area contributed by atoms with Gasteiger partial charge < -0.3 is 10.2 Å². The Bertz CT molecular complexity index is 721. The molecule has 0 saturated carbocycles. The van der Waals surface area contributed by atoms with Crippen LogP contribution in [0.4, 0.5) is 0 Å². The molecule has 0 spiro atoms. The Kier molecular flexibility index (Phi) is 3.32. The molecule has 2 aromatic carbocycles. The van der Waals surface area contributed by atoms with Gasteiger partial charge in [-0.25, -0.2) is 0 Å². The van der Waals surface area contributed by atoms with E-state index in [4.69, 9.17) is 11.6 Å². The van der Waals surface area contributed by atoms with Gasteiger partial charge in [-0.05, 0) is 28.8 Å². The lowest BCUT2D eigenvalue weighted by Crippen LogP contribution is -2.42. The Labute approximate surface area is 127 Å². The average molecular weight is 301 g/mol. The molecule has 1 aliphatic carbocycles. The van der Waals surface area contributed by atoms with Gasteiger partial charge in [-0.15, -0.1) is 0 Å². The smallest absolute Gasteiger partial charge is 0.314 e. The van der Waals surface area contributed by atoms with Crippen LogP contribution in [0.5, 0.6) is 0 Å². The number of hydrogen-bond acceptors (Lipinski definition) is 2. The molecule has 2 unspecified atom stereocenters. The summed E-state index contributed by atoms with van der Waals surface area (Å²) in [7, 11) is 0. The fourth-order valence-electron chi connectivity index (χ4n) is 2.80. The van der Waals surface area contributed by atoms with E-state index in [0.29, 0.717) is 16.1 Å². The number of aliphatic hydroxyl groups is 1. The zero-order valence-corrected chi connectivity index (χ0v) is 11.8. The van der Waals surface area contributed by atoms with Crippen molar-refractivity contribution in [3.8, 4) is 0 Å². The van der Waals surface area contributed by atoms with Gasteiger partial charge in [0.15, 0.2) is 0 Å². The molecule has 1 aliphatic rings. The van der Waals surface area contributed by atoms with Crippen molar-refractivity contribution in [2.45, 2.75) is 5.60 Å². The van der Waals surface area contributed by atoms with Gasteiger partial charge in [0.05, 0.1) is 0 Å². The molecule has 3 nitrogen and oxygen atoms in total. The number of aliphatic carboxylic acids is 1. The summed E-state index contributed by atoms with van der Waals surface area (Å²) in [6.45, 7) is 0. The van der Waals surface area contributed by atoms with Crippen LogP contribution in [0.1, 0.15) is 16.7 Å². The number of carboxylic acid groups (broad SMARTS) is 1. The number of carboxylic acids is 1. The first-order valence-corrected chi connectivity index (χ1v) is 6.90. The lowest BCUT2D eigenvalue weighted by molar-refractivity contribution is -0.147. The van der Waals surface area contributed by atoms with E-state index in [9.17, 15) is 15.0 Å². The summed E-state index contributed by atoms with van der Waals surface area (Å²) in [6, 6.07) is 13.9. The van der Waals surface area contributed by atoms with Crippen LogP contribution in [0, 0.1) is 5.92 Å². The molecule has 2 atom stereocenters. The van der Waals surface area contributed by atoms with Crippen molar-refractivity contribution < 1.29 is 15.0 Å². The van der Waals surface area contributed by atoms with Crippen molar-refractivity contribution in [3.63, 3.8) is 0 Å². The Morgan fingerprint density at radius 3 is 2.43 bits per heavy atom. The molecule has 0 aromatic heterocycles. The molecule has 21 heavy (non-hydrogen) atoms. The highest BCUT2D eigenvalue weighted by molar-refractivity contribution is 6.30. The lowest BCUT2D eigenvalue weighted by atomic mass is 9.71. The quantitative estimate of drug-likeness (QED) is 0.894. The van der Waals surface area contributed by atoms with E-state index in [1.165, 1.54) is 6.08 Å². The SMILES string of the molecule is O=C(O)C1C=Cc2ccccc2C1(O)c1ccc(Cl)cc1. The van der Waals surface area contributed by atoms with Crippen LogP contribution in [0.15, 0.2) is 54.6 Å². The van der Waals surface area contributed by atoms with Crippen molar-refractivity contribution >= 4 is 23.6 Å². The molecule has 2 aromatic rings. The van der Waals surface area contributed by atoms with Gasteiger partial charge in [0.2, 0.25) is 0 Å². The number of halogens is 1. The third-order valence-corrected chi connectivity index (χ3v) is 4.09. The van der Waals surface area contributed by atoms with Crippen LogP contribution in [0.2, 0.25) is 5.02 Å². The maximum absolute atomic E-state index is 11.6. The second-order valence-corrected chi connectivity index (χ2v) is 5.47. The Morgan fingerprint density at radius 1 is 1.10 bits per heavy atom. The van der Waals surface area contributed by atoms with Gasteiger partial charge in [-0.2, -0.15) is 0 Å². The van der Waals surface area contributed by atoms with E-state index in [-0.39, 0.29) is 0 Å². The summed E-state index contributed by atoms with van der Waals surface area (Å²) in [4.78, 5) is 11.6. The van der Waals surface area contributed by atoms with Gasteiger partial charge in [-0.1, -0.05) is 60.2 Å².